The Morgan fingerprint density at radius 3 is 2.72 bits per heavy atom. The molecule has 1 N–H and O–H groups in total. The zero-order valence-corrected chi connectivity index (χ0v) is 11.3. The monoisotopic (exact) mass is 257 g/mol. The lowest BCUT2D eigenvalue weighted by Crippen LogP contribution is -2.17. The van der Waals surface area contributed by atoms with Crippen molar-refractivity contribution in [3.63, 3.8) is 0 Å². The molecule has 3 heteroatoms. The lowest BCUT2D eigenvalue weighted by Gasteiger charge is -2.13. The number of fused-ring (bicyclic) bond motifs is 1. The average molecular weight is 257 g/mol. The summed E-state index contributed by atoms with van der Waals surface area (Å²) in [6, 6.07) is 10.4. The normalized spacial score (nSPS) is 13.0. The fraction of sp³-hybridized carbons (Fsp3) is 0.200. The van der Waals surface area contributed by atoms with Gasteiger partial charge in [0.1, 0.15) is 11.3 Å². The van der Waals surface area contributed by atoms with E-state index in [1.54, 1.807) is 11.3 Å². The van der Waals surface area contributed by atoms with Crippen molar-refractivity contribution in [1.29, 1.82) is 0 Å². The second kappa shape index (κ2) is 4.59. The molecule has 0 fully saturated rings. The first-order valence-corrected chi connectivity index (χ1v) is 6.92. The van der Waals surface area contributed by atoms with Crippen molar-refractivity contribution in [2.75, 3.05) is 7.05 Å². The zero-order valence-electron chi connectivity index (χ0n) is 10.4. The smallest absolute Gasteiger partial charge is 0.134 e. The molecule has 2 heterocycles. The van der Waals surface area contributed by atoms with Gasteiger partial charge in [-0.15, -0.1) is 0 Å². The third-order valence-electron chi connectivity index (χ3n) is 3.22. The van der Waals surface area contributed by atoms with E-state index in [2.05, 4.69) is 35.1 Å². The Morgan fingerprint density at radius 1 is 1.22 bits per heavy atom. The van der Waals surface area contributed by atoms with Crippen LogP contribution in [0.15, 0.2) is 45.5 Å². The molecule has 92 valence electrons. The Balaban J connectivity index is 2.09. The molecule has 0 radical (unpaired) electrons. The van der Waals surface area contributed by atoms with Crippen LogP contribution in [0.3, 0.4) is 0 Å². The maximum Gasteiger partial charge on any atom is 0.134 e. The summed E-state index contributed by atoms with van der Waals surface area (Å²) in [7, 11) is 1.97. The van der Waals surface area contributed by atoms with Gasteiger partial charge in [0.2, 0.25) is 0 Å². The highest BCUT2D eigenvalue weighted by molar-refractivity contribution is 7.08. The molecule has 2 nitrogen and oxygen atoms in total. The largest absolute Gasteiger partial charge is 0.459 e. The van der Waals surface area contributed by atoms with Gasteiger partial charge in [-0.25, -0.2) is 0 Å². The first-order chi connectivity index (χ1) is 8.79. The van der Waals surface area contributed by atoms with Gasteiger partial charge < -0.3 is 9.73 Å². The molecular weight excluding hydrogens is 242 g/mol. The van der Waals surface area contributed by atoms with E-state index in [0.29, 0.717) is 0 Å². The third-order valence-corrected chi connectivity index (χ3v) is 4.10. The van der Waals surface area contributed by atoms with E-state index in [0.717, 1.165) is 16.7 Å². The molecule has 2 aromatic heterocycles. The van der Waals surface area contributed by atoms with Crippen LogP contribution in [0.1, 0.15) is 22.9 Å². The zero-order chi connectivity index (χ0) is 12.5. The van der Waals surface area contributed by atoms with Gasteiger partial charge in [0.15, 0.2) is 0 Å². The number of para-hydroxylation sites is 1. The van der Waals surface area contributed by atoms with Gasteiger partial charge in [-0.2, -0.15) is 11.3 Å². The number of thiophene rings is 1. The lowest BCUT2D eigenvalue weighted by molar-refractivity contribution is 0.491. The van der Waals surface area contributed by atoms with Crippen LogP contribution in [-0.4, -0.2) is 7.05 Å². The van der Waals surface area contributed by atoms with Crippen LogP contribution >= 0.6 is 11.3 Å². The number of hydrogen-bond acceptors (Lipinski definition) is 3. The molecule has 0 aliphatic heterocycles. The Labute approximate surface area is 110 Å². The number of benzene rings is 1. The molecule has 0 bridgehead atoms. The van der Waals surface area contributed by atoms with E-state index < -0.39 is 0 Å². The Kier molecular flexibility index (Phi) is 2.94. The molecule has 1 aromatic carbocycles. The summed E-state index contributed by atoms with van der Waals surface area (Å²) in [4.78, 5) is 0. The summed E-state index contributed by atoms with van der Waals surface area (Å²) in [5.74, 6) is 0.972. The van der Waals surface area contributed by atoms with E-state index in [9.17, 15) is 0 Å². The number of nitrogens with one attached hydrogen (secondary N) is 1. The van der Waals surface area contributed by atoms with Gasteiger partial charge >= 0.3 is 0 Å². The molecule has 0 aliphatic rings. The maximum atomic E-state index is 5.94. The van der Waals surface area contributed by atoms with Crippen molar-refractivity contribution in [3.05, 3.63) is 58.0 Å². The van der Waals surface area contributed by atoms with Crippen molar-refractivity contribution in [3.8, 4) is 0 Å². The van der Waals surface area contributed by atoms with Gasteiger partial charge in [0, 0.05) is 5.39 Å². The average Bonchev–Trinajstić information content (AvgIpc) is 2.97. The summed E-state index contributed by atoms with van der Waals surface area (Å²) >= 11 is 1.73. The summed E-state index contributed by atoms with van der Waals surface area (Å²) in [6.07, 6.45) is 0. The molecule has 0 amide bonds. The van der Waals surface area contributed by atoms with E-state index in [1.165, 1.54) is 11.1 Å². The van der Waals surface area contributed by atoms with E-state index in [1.807, 2.05) is 25.2 Å². The predicted molar refractivity (Wildman–Crippen MR) is 76.2 cm³/mol. The SMILES string of the molecule is CNC(c1cc2ccccc2o1)c1cscc1C. The molecule has 0 saturated carbocycles. The van der Waals surface area contributed by atoms with Crippen LogP contribution in [-0.2, 0) is 0 Å². The molecule has 18 heavy (non-hydrogen) atoms. The number of furan rings is 1. The molecule has 3 rings (SSSR count). The topological polar surface area (TPSA) is 25.2 Å². The van der Waals surface area contributed by atoms with Crippen molar-refractivity contribution >= 4 is 22.3 Å². The minimum Gasteiger partial charge on any atom is -0.459 e. The summed E-state index contributed by atoms with van der Waals surface area (Å²) in [5, 5.41) is 8.84. The molecule has 3 aromatic rings. The first-order valence-electron chi connectivity index (χ1n) is 5.98. The maximum absolute atomic E-state index is 5.94. The standard InChI is InChI=1S/C15H15NOS/c1-10-8-18-9-12(10)15(16-2)14-7-11-5-3-4-6-13(11)17-14/h3-9,15-16H,1-2H3. The fourth-order valence-electron chi connectivity index (χ4n) is 2.26. The predicted octanol–water partition coefficient (Wildman–Crippen LogP) is 4.11. The van der Waals surface area contributed by atoms with E-state index in [-0.39, 0.29) is 6.04 Å². The number of hydrogen-bond donors (Lipinski definition) is 1. The molecule has 0 saturated heterocycles. The van der Waals surface area contributed by atoms with Gasteiger partial charge in [-0.05, 0) is 48.0 Å². The Morgan fingerprint density at radius 2 is 2.06 bits per heavy atom. The third kappa shape index (κ3) is 1.85. The van der Waals surface area contributed by atoms with Crippen LogP contribution in [0.2, 0.25) is 0 Å². The van der Waals surface area contributed by atoms with E-state index in [4.69, 9.17) is 4.42 Å². The van der Waals surface area contributed by atoms with Crippen molar-refractivity contribution in [2.45, 2.75) is 13.0 Å². The van der Waals surface area contributed by atoms with Crippen LogP contribution in [0.5, 0.6) is 0 Å². The van der Waals surface area contributed by atoms with Crippen LogP contribution in [0.25, 0.3) is 11.0 Å². The number of rotatable bonds is 3. The highest BCUT2D eigenvalue weighted by Crippen LogP contribution is 2.31. The van der Waals surface area contributed by atoms with Crippen molar-refractivity contribution in [2.24, 2.45) is 0 Å². The highest BCUT2D eigenvalue weighted by Gasteiger charge is 2.18. The quantitative estimate of drug-likeness (QED) is 0.763. The fourth-order valence-corrected chi connectivity index (χ4v) is 3.14. The minimum absolute atomic E-state index is 0.128. The Hall–Kier alpha value is -1.58. The minimum atomic E-state index is 0.128. The summed E-state index contributed by atoms with van der Waals surface area (Å²) in [6.45, 7) is 2.14. The van der Waals surface area contributed by atoms with Gasteiger partial charge in [-0.1, -0.05) is 18.2 Å². The first kappa shape index (κ1) is 11.5. The van der Waals surface area contributed by atoms with Crippen molar-refractivity contribution in [1.82, 2.24) is 5.32 Å². The van der Waals surface area contributed by atoms with Crippen molar-refractivity contribution < 1.29 is 4.42 Å². The number of aryl methyl sites for hydroxylation is 1. The molecular formula is C15H15NOS. The van der Waals surface area contributed by atoms with Gasteiger partial charge in [-0.3, -0.25) is 0 Å². The summed E-state index contributed by atoms with van der Waals surface area (Å²) < 4.78 is 5.94. The molecule has 0 aliphatic carbocycles. The summed E-state index contributed by atoms with van der Waals surface area (Å²) in [5.41, 5.74) is 3.54. The Bertz CT molecular complexity index is 635. The molecule has 1 unspecified atom stereocenters. The second-order valence-corrected chi connectivity index (χ2v) is 5.16. The van der Waals surface area contributed by atoms with Crippen LogP contribution < -0.4 is 5.32 Å². The van der Waals surface area contributed by atoms with Gasteiger partial charge in [0.05, 0.1) is 6.04 Å². The highest BCUT2D eigenvalue weighted by atomic mass is 32.1. The van der Waals surface area contributed by atoms with E-state index >= 15 is 0 Å². The lowest BCUT2D eigenvalue weighted by atomic mass is 10.0. The second-order valence-electron chi connectivity index (χ2n) is 4.42. The van der Waals surface area contributed by atoms with Gasteiger partial charge in [0.25, 0.3) is 0 Å². The van der Waals surface area contributed by atoms with Crippen LogP contribution in [0.4, 0.5) is 0 Å². The van der Waals surface area contributed by atoms with Crippen LogP contribution in [0, 0.1) is 6.92 Å². The molecule has 0 spiro atoms. The molecule has 1 atom stereocenters.